The summed E-state index contributed by atoms with van der Waals surface area (Å²) in [6, 6.07) is 0. The quantitative estimate of drug-likeness (QED) is 0.646. The molecule has 13 heavy (non-hydrogen) atoms. The number of amides is 1. The van der Waals surface area contributed by atoms with Crippen molar-refractivity contribution in [2.45, 2.75) is 18.7 Å². The van der Waals surface area contributed by atoms with Gasteiger partial charge in [0.05, 0.1) is 6.61 Å². The Bertz CT molecular complexity index is 184. The standard InChI is InChI=1S/C9H16ClNO2/c1-7(10)9(12)11-4-3-8(5-11)6-13-2/h7-8H,3-6H2,1-2H3/t7-,8-/m0/s1. The molecule has 0 unspecified atom stereocenters. The lowest BCUT2D eigenvalue weighted by Gasteiger charge is -2.17. The predicted molar refractivity (Wildman–Crippen MR) is 51.9 cm³/mol. The van der Waals surface area contributed by atoms with Crippen molar-refractivity contribution < 1.29 is 9.53 Å². The van der Waals surface area contributed by atoms with Crippen molar-refractivity contribution in [3.05, 3.63) is 0 Å². The molecule has 1 aliphatic rings. The summed E-state index contributed by atoms with van der Waals surface area (Å²) in [7, 11) is 1.69. The monoisotopic (exact) mass is 205 g/mol. The summed E-state index contributed by atoms with van der Waals surface area (Å²) >= 11 is 5.71. The summed E-state index contributed by atoms with van der Waals surface area (Å²) < 4.78 is 5.04. The highest BCUT2D eigenvalue weighted by Gasteiger charge is 2.27. The topological polar surface area (TPSA) is 29.5 Å². The van der Waals surface area contributed by atoms with E-state index in [1.807, 2.05) is 4.90 Å². The van der Waals surface area contributed by atoms with E-state index >= 15 is 0 Å². The number of nitrogens with zero attached hydrogens (tertiary/aromatic N) is 1. The molecule has 1 aliphatic heterocycles. The van der Waals surface area contributed by atoms with Gasteiger partial charge >= 0.3 is 0 Å². The number of halogens is 1. The first-order chi connectivity index (χ1) is 6.15. The molecule has 4 heteroatoms. The Kier molecular flexibility index (Phi) is 4.00. The molecule has 0 aliphatic carbocycles. The minimum atomic E-state index is -0.402. The van der Waals surface area contributed by atoms with Gasteiger partial charge in [0.2, 0.25) is 5.91 Å². The van der Waals surface area contributed by atoms with Gasteiger partial charge in [-0.15, -0.1) is 11.6 Å². The molecule has 0 aromatic rings. The highest BCUT2D eigenvalue weighted by Crippen LogP contribution is 2.18. The number of likely N-dealkylation sites (tertiary alicyclic amines) is 1. The molecule has 1 saturated heterocycles. The maximum atomic E-state index is 11.4. The lowest BCUT2D eigenvalue weighted by Crippen LogP contribution is -2.34. The molecule has 0 spiro atoms. The van der Waals surface area contributed by atoms with Gasteiger partial charge < -0.3 is 9.64 Å². The van der Waals surface area contributed by atoms with Gasteiger partial charge in [0.15, 0.2) is 0 Å². The molecule has 1 fully saturated rings. The van der Waals surface area contributed by atoms with E-state index in [0.29, 0.717) is 5.92 Å². The Balaban J connectivity index is 2.36. The molecule has 0 radical (unpaired) electrons. The number of carbonyl (C=O) groups is 1. The molecule has 76 valence electrons. The van der Waals surface area contributed by atoms with Crippen LogP contribution in [0.2, 0.25) is 0 Å². The van der Waals surface area contributed by atoms with Crippen molar-refractivity contribution in [2.75, 3.05) is 26.8 Å². The molecular weight excluding hydrogens is 190 g/mol. The van der Waals surface area contributed by atoms with Crippen molar-refractivity contribution in [3.63, 3.8) is 0 Å². The van der Waals surface area contributed by atoms with Crippen LogP contribution in [-0.2, 0) is 9.53 Å². The number of methoxy groups -OCH3 is 1. The maximum Gasteiger partial charge on any atom is 0.240 e. The molecule has 0 aromatic heterocycles. The van der Waals surface area contributed by atoms with E-state index in [9.17, 15) is 4.79 Å². The zero-order valence-corrected chi connectivity index (χ0v) is 8.88. The van der Waals surface area contributed by atoms with Gasteiger partial charge in [-0.25, -0.2) is 0 Å². The number of alkyl halides is 1. The second-order valence-electron chi connectivity index (χ2n) is 3.51. The van der Waals surface area contributed by atoms with Crippen LogP contribution < -0.4 is 0 Å². The average molecular weight is 206 g/mol. The lowest BCUT2D eigenvalue weighted by molar-refractivity contribution is -0.129. The molecule has 3 nitrogen and oxygen atoms in total. The van der Waals surface area contributed by atoms with Crippen molar-refractivity contribution in [1.29, 1.82) is 0 Å². The molecule has 1 amide bonds. The van der Waals surface area contributed by atoms with Gasteiger partial charge in [0.25, 0.3) is 0 Å². The van der Waals surface area contributed by atoms with Gasteiger partial charge in [-0.1, -0.05) is 0 Å². The smallest absolute Gasteiger partial charge is 0.240 e. The minimum absolute atomic E-state index is 0.0419. The third-order valence-corrected chi connectivity index (χ3v) is 2.53. The summed E-state index contributed by atoms with van der Waals surface area (Å²) in [5, 5.41) is -0.402. The highest BCUT2D eigenvalue weighted by molar-refractivity contribution is 6.30. The Morgan fingerprint density at radius 3 is 3.00 bits per heavy atom. The summed E-state index contributed by atoms with van der Waals surface area (Å²) in [6.45, 7) is 4.07. The van der Waals surface area contributed by atoms with E-state index in [1.54, 1.807) is 14.0 Å². The highest BCUT2D eigenvalue weighted by atomic mass is 35.5. The van der Waals surface area contributed by atoms with E-state index in [0.717, 1.165) is 26.1 Å². The SMILES string of the molecule is COC[C@H]1CCN(C(=O)[C@H](C)Cl)C1. The van der Waals surface area contributed by atoms with E-state index in [-0.39, 0.29) is 5.91 Å². The fraction of sp³-hybridized carbons (Fsp3) is 0.889. The van der Waals surface area contributed by atoms with Gasteiger partial charge in [-0.3, -0.25) is 4.79 Å². The normalized spacial score (nSPS) is 24.8. The molecule has 1 rings (SSSR count). The van der Waals surface area contributed by atoms with E-state index in [1.165, 1.54) is 0 Å². The largest absolute Gasteiger partial charge is 0.384 e. The van der Waals surface area contributed by atoms with E-state index in [2.05, 4.69) is 0 Å². The van der Waals surface area contributed by atoms with Crippen LogP contribution in [0.1, 0.15) is 13.3 Å². The first-order valence-electron chi connectivity index (χ1n) is 4.57. The summed E-state index contributed by atoms with van der Waals surface area (Å²) in [4.78, 5) is 13.3. The Morgan fingerprint density at radius 1 is 1.77 bits per heavy atom. The number of hydrogen-bond donors (Lipinski definition) is 0. The first kappa shape index (κ1) is 10.8. The first-order valence-corrected chi connectivity index (χ1v) is 5.00. The summed E-state index contributed by atoms with van der Waals surface area (Å²) in [6.07, 6.45) is 1.03. The van der Waals surface area contributed by atoms with Crippen molar-refractivity contribution >= 4 is 17.5 Å². The van der Waals surface area contributed by atoms with Gasteiger partial charge in [-0.05, 0) is 13.3 Å². The van der Waals surface area contributed by atoms with Crippen LogP contribution in [0.25, 0.3) is 0 Å². The van der Waals surface area contributed by atoms with Gasteiger partial charge in [-0.2, -0.15) is 0 Å². The average Bonchev–Trinajstić information content (AvgIpc) is 2.52. The van der Waals surface area contributed by atoms with Crippen LogP contribution >= 0.6 is 11.6 Å². The molecular formula is C9H16ClNO2. The number of carbonyl (C=O) groups excluding carboxylic acids is 1. The predicted octanol–water partition coefficient (Wildman–Crippen LogP) is 1.11. The van der Waals surface area contributed by atoms with Gasteiger partial charge in [0, 0.05) is 26.1 Å². The van der Waals surface area contributed by atoms with Crippen LogP contribution in [0.3, 0.4) is 0 Å². The number of rotatable bonds is 3. The Labute approximate surface area is 84.0 Å². The number of hydrogen-bond acceptors (Lipinski definition) is 2. The van der Waals surface area contributed by atoms with Crippen molar-refractivity contribution in [2.24, 2.45) is 5.92 Å². The molecule has 1 heterocycles. The molecule has 0 saturated carbocycles. The maximum absolute atomic E-state index is 11.4. The summed E-state index contributed by atoms with van der Waals surface area (Å²) in [5.41, 5.74) is 0. The van der Waals surface area contributed by atoms with Crippen molar-refractivity contribution in [3.8, 4) is 0 Å². The van der Waals surface area contributed by atoms with Crippen LogP contribution in [0, 0.1) is 5.92 Å². The Morgan fingerprint density at radius 2 is 2.46 bits per heavy atom. The second-order valence-corrected chi connectivity index (χ2v) is 4.16. The zero-order chi connectivity index (χ0) is 9.84. The fourth-order valence-electron chi connectivity index (χ4n) is 1.66. The van der Waals surface area contributed by atoms with Crippen LogP contribution in [-0.4, -0.2) is 43.0 Å². The molecule has 0 aromatic carbocycles. The second kappa shape index (κ2) is 4.82. The van der Waals surface area contributed by atoms with E-state index in [4.69, 9.17) is 16.3 Å². The lowest BCUT2D eigenvalue weighted by atomic mass is 10.1. The van der Waals surface area contributed by atoms with Crippen molar-refractivity contribution in [1.82, 2.24) is 4.90 Å². The molecule has 0 bridgehead atoms. The van der Waals surface area contributed by atoms with Crippen LogP contribution in [0.15, 0.2) is 0 Å². The number of ether oxygens (including phenoxy) is 1. The third-order valence-electron chi connectivity index (χ3n) is 2.34. The van der Waals surface area contributed by atoms with Gasteiger partial charge in [0.1, 0.15) is 5.38 Å². The van der Waals surface area contributed by atoms with E-state index < -0.39 is 5.38 Å². The van der Waals surface area contributed by atoms with Crippen LogP contribution in [0.4, 0.5) is 0 Å². The zero-order valence-electron chi connectivity index (χ0n) is 8.12. The third kappa shape index (κ3) is 2.85. The molecule has 0 N–H and O–H groups in total. The Hall–Kier alpha value is -0.280. The minimum Gasteiger partial charge on any atom is -0.384 e. The molecule has 2 atom stereocenters. The summed E-state index contributed by atoms with van der Waals surface area (Å²) in [5.74, 6) is 0.532. The van der Waals surface area contributed by atoms with Crippen LogP contribution in [0.5, 0.6) is 0 Å². The fourth-order valence-corrected chi connectivity index (χ4v) is 1.79.